The molecule has 0 amide bonds. The monoisotopic (exact) mass is 237 g/mol. The van der Waals surface area contributed by atoms with Crippen molar-refractivity contribution in [3.8, 4) is 0 Å². The summed E-state index contributed by atoms with van der Waals surface area (Å²) in [6.07, 6.45) is 2.54. The summed E-state index contributed by atoms with van der Waals surface area (Å²) in [6.45, 7) is 2.07. The number of methoxy groups -OCH3 is 1. The van der Waals surface area contributed by atoms with Crippen molar-refractivity contribution in [2.75, 3.05) is 7.11 Å². The van der Waals surface area contributed by atoms with E-state index in [1.54, 1.807) is 7.11 Å². The molecule has 0 saturated carbocycles. The van der Waals surface area contributed by atoms with Gasteiger partial charge in [-0.2, -0.15) is 0 Å². The Morgan fingerprint density at radius 3 is 2.62 bits per heavy atom. The van der Waals surface area contributed by atoms with Gasteiger partial charge in [-0.25, -0.2) is 0 Å². The van der Waals surface area contributed by atoms with Gasteiger partial charge in [0.25, 0.3) is 0 Å². The number of rotatable bonds is 2. The third-order valence-corrected chi connectivity index (χ3v) is 3.52. The summed E-state index contributed by atoms with van der Waals surface area (Å²) in [5.41, 5.74) is 2.06. The van der Waals surface area contributed by atoms with Crippen molar-refractivity contribution in [3.05, 3.63) is 40.9 Å². The topological polar surface area (TPSA) is 9.23 Å². The van der Waals surface area contributed by atoms with Crippen LogP contribution in [0.25, 0.3) is 5.57 Å². The van der Waals surface area contributed by atoms with Crippen LogP contribution in [0.1, 0.15) is 33.1 Å². The van der Waals surface area contributed by atoms with Crippen molar-refractivity contribution in [2.45, 2.75) is 31.8 Å². The first-order valence-corrected chi connectivity index (χ1v) is 5.91. The fraction of sp³-hybridized carbons (Fsp3) is 0.429. The van der Waals surface area contributed by atoms with E-state index in [1.165, 1.54) is 0 Å². The summed E-state index contributed by atoms with van der Waals surface area (Å²) in [7, 11) is 1.72. The highest BCUT2D eigenvalue weighted by Gasteiger charge is 2.26. The molecule has 0 fully saturated rings. The fourth-order valence-electron chi connectivity index (χ4n) is 1.93. The lowest BCUT2D eigenvalue weighted by Crippen LogP contribution is -2.28. The van der Waals surface area contributed by atoms with Crippen molar-refractivity contribution in [1.29, 1.82) is 0 Å². The maximum atomic E-state index is 8.15. The van der Waals surface area contributed by atoms with Gasteiger partial charge >= 0.3 is 0 Å². The maximum absolute atomic E-state index is 8.15. The van der Waals surface area contributed by atoms with E-state index in [-0.39, 0.29) is 5.60 Å². The Morgan fingerprint density at radius 1 is 1.38 bits per heavy atom. The third-order valence-electron chi connectivity index (χ3n) is 3.27. The van der Waals surface area contributed by atoms with Crippen molar-refractivity contribution in [3.63, 3.8) is 0 Å². The fourth-order valence-corrected chi connectivity index (χ4v) is 2.06. The van der Waals surface area contributed by atoms with E-state index in [1.807, 2.05) is 24.3 Å². The molecule has 86 valence electrons. The molecule has 1 aliphatic carbocycles. The largest absolute Gasteiger partial charge is 0.378 e. The Kier molecular flexibility index (Phi) is 2.98. The normalized spacial score (nSPS) is 26.8. The Hall–Kier alpha value is -0.790. The van der Waals surface area contributed by atoms with E-state index < -0.39 is 0 Å². The molecule has 0 spiro atoms. The third kappa shape index (κ3) is 2.47. The van der Waals surface area contributed by atoms with E-state index in [0.717, 1.165) is 29.0 Å². The molecule has 0 bridgehead atoms. The van der Waals surface area contributed by atoms with Gasteiger partial charge in [-0.3, -0.25) is 0 Å². The molecular formula is C14H17ClO. The lowest BCUT2D eigenvalue weighted by atomic mass is 9.84. The number of hydrogen-bond donors (Lipinski definition) is 0. The van der Waals surface area contributed by atoms with Crippen LogP contribution in [0.2, 0.25) is 5.02 Å². The molecular weight excluding hydrogens is 220 g/mol. The molecule has 2 heteroatoms. The molecule has 1 atom stereocenters. The SMILES string of the molecule is [2H]C1=C(c2ccc(Cl)cc2)CCC(C)(OC)C1. The summed E-state index contributed by atoms with van der Waals surface area (Å²) in [6, 6.07) is 8.41. The minimum absolute atomic E-state index is 0.174. The maximum Gasteiger partial charge on any atom is 0.0688 e. The molecule has 0 aromatic heterocycles. The minimum Gasteiger partial charge on any atom is -0.378 e. The summed E-state index contributed by atoms with van der Waals surface area (Å²) in [4.78, 5) is 0. The van der Waals surface area contributed by atoms with E-state index in [0.29, 0.717) is 12.5 Å². The summed E-state index contributed by atoms with van der Waals surface area (Å²) in [5.74, 6) is 0. The molecule has 0 heterocycles. The van der Waals surface area contributed by atoms with E-state index in [4.69, 9.17) is 17.7 Å². The highest BCUT2D eigenvalue weighted by Crippen LogP contribution is 2.34. The summed E-state index contributed by atoms with van der Waals surface area (Å²) < 4.78 is 13.6. The molecule has 0 aliphatic heterocycles. The van der Waals surface area contributed by atoms with Gasteiger partial charge in [0.05, 0.1) is 6.97 Å². The smallest absolute Gasteiger partial charge is 0.0688 e. The van der Waals surface area contributed by atoms with Crippen molar-refractivity contribution >= 4 is 17.2 Å². The first kappa shape index (κ1) is 10.4. The van der Waals surface area contributed by atoms with Crippen molar-refractivity contribution < 1.29 is 6.11 Å². The summed E-state index contributed by atoms with van der Waals surface area (Å²) in [5, 5.41) is 0.735. The first-order chi connectivity index (χ1) is 8.04. The Morgan fingerprint density at radius 2 is 2.06 bits per heavy atom. The van der Waals surface area contributed by atoms with Gasteiger partial charge in [0.15, 0.2) is 0 Å². The van der Waals surface area contributed by atoms with Crippen LogP contribution in [0.4, 0.5) is 0 Å². The molecule has 0 radical (unpaired) electrons. The van der Waals surface area contributed by atoms with Crippen LogP contribution in [0.5, 0.6) is 0 Å². The Labute approximate surface area is 103 Å². The molecule has 1 nitrogen and oxygen atoms in total. The molecule has 2 rings (SSSR count). The average molecular weight is 238 g/mol. The van der Waals surface area contributed by atoms with Gasteiger partial charge in [-0.1, -0.05) is 29.8 Å². The molecule has 1 aliphatic rings. The summed E-state index contributed by atoms with van der Waals surface area (Å²) >= 11 is 5.87. The lowest BCUT2D eigenvalue weighted by Gasteiger charge is -2.31. The molecule has 0 N–H and O–H groups in total. The quantitative estimate of drug-likeness (QED) is 0.745. The second-order valence-electron chi connectivity index (χ2n) is 4.49. The number of hydrogen-bond acceptors (Lipinski definition) is 1. The number of ether oxygens (including phenoxy) is 1. The van der Waals surface area contributed by atoms with Crippen LogP contribution in [0.3, 0.4) is 0 Å². The van der Waals surface area contributed by atoms with Crippen molar-refractivity contribution in [1.82, 2.24) is 0 Å². The number of allylic oxidation sites excluding steroid dienone is 1. The van der Waals surface area contributed by atoms with Gasteiger partial charge in [-0.15, -0.1) is 0 Å². The van der Waals surface area contributed by atoms with Crippen LogP contribution in [-0.4, -0.2) is 12.7 Å². The van der Waals surface area contributed by atoms with Gasteiger partial charge < -0.3 is 4.74 Å². The second-order valence-corrected chi connectivity index (χ2v) is 4.93. The van der Waals surface area contributed by atoms with Gasteiger partial charge in [-0.05, 0) is 49.5 Å². The predicted molar refractivity (Wildman–Crippen MR) is 68.7 cm³/mol. The predicted octanol–water partition coefficient (Wildman–Crippen LogP) is 4.31. The van der Waals surface area contributed by atoms with E-state index in [9.17, 15) is 0 Å². The van der Waals surface area contributed by atoms with Crippen LogP contribution >= 0.6 is 11.6 Å². The van der Waals surface area contributed by atoms with Crippen molar-refractivity contribution in [2.24, 2.45) is 0 Å². The van der Waals surface area contributed by atoms with Crippen LogP contribution < -0.4 is 0 Å². The lowest BCUT2D eigenvalue weighted by molar-refractivity contribution is 0.000131. The second kappa shape index (κ2) is 4.60. The van der Waals surface area contributed by atoms with Gasteiger partial charge in [0.2, 0.25) is 0 Å². The zero-order valence-corrected chi connectivity index (χ0v) is 10.5. The van der Waals surface area contributed by atoms with Crippen LogP contribution in [0.15, 0.2) is 30.3 Å². The van der Waals surface area contributed by atoms with Gasteiger partial charge in [0.1, 0.15) is 0 Å². The molecule has 0 saturated heterocycles. The van der Waals surface area contributed by atoms with E-state index >= 15 is 0 Å². The van der Waals surface area contributed by atoms with Gasteiger partial charge in [0, 0.05) is 12.1 Å². The molecule has 1 unspecified atom stereocenters. The molecule has 1 aromatic carbocycles. The number of benzene rings is 1. The molecule has 16 heavy (non-hydrogen) atoms. The Bertz CT molecular complexity index is 438. The highest BCUT2D eigenvalue weighted by atomic mass is 35.5. The average Bonchev–Trinajstić information content (AvgIpc) is 2.31. The van der Waals surface area contributed by atoms with Crippen LogP contribution in [-0.2, 0) is 4.74 Å². The van der Waals surface area contributed by atoms with E-state index in [2.05, 4.69) is 6.92 Å². The zero-order valence-electron chi connectivity index (χ0n) is 10.7. The zero-order chi connectivity index (χ0) is 12.5. The number of halogens is 1. The standard InChI is InChI=1S/C14H17ClO/c1-14(16-2)9-7-12(8-10-14)11-3-5-13(15)6-4-11/h3-7H,8-10H2,1-2H3/i7D. The molecule has 1 aromatic rings. The van der Waals surface area contributed by atoms with Crippen LogP contribution in [0, 0.1) is 0 Å². The Balaban J connectivity index is 2.28. The minimum atomic E-state index is -0.174. The first-order valence-electron chi connectivity index (χ1n) is 6.04. The highest BCUT2D eigenvalue weighted by molar-refractivity contribution is 6.30.